The lowest BCUT2D eigenvalue weighted by molar-refractivity contribution is 1.24. The number of benzene rings is 3. The number of hydrogen-bond donors (Lipinski definition) is 2. The molecular weight excluding hydrogens is 498 g/mol. The lowest BCUT2D eigenvalue weighted by atomic mass is 9.87. The molecule has 0 radical (unpaired) electrons. The molecule has 4 heteroatoms. The van der Waals surface area contributed by atoms with Gasteiger partial charge in [-0.3, -0.25) is 0 Å². The highest BCUT2D eigenvalue weighted by Gasteiger charge is 2.14. The van der Waals surface area contributed by atoms with Crippen LogP contribution in [0.3, 0.4) is 0 Å². The van der Waals surface area contributed by atoms with Crippen LogP contribution in [-0.2, 0) is 0 Å². The predicted molar refractivity (Wildman–Crippen MR) is 144 cm³/mol. The molecule has 0 aliphatic heterocycles. The summed E-state index contributed by atoms with van der Waals surface area (Å²) >= 11 is 2.32. The summed E-state index contributed by atoms with van der Waals surface area (Å²) in [5.74, 6) is 0. The van der Waals surface area contributed by atoms with E-state index in [-0.39, 0.29) is 0 Å². The summed E-state index contributed by atoms with van der Waals surface area (Å²) in [6, 6.07) is 25.7. The minimum absolute atomic E-state index is 0.568. The van der Waals surface area contributed by atoms with Crippen LogP contribution >= 0.6 is 28.4 Å². The van der Waals surface area contributed by atoms with Gasteiger partial charge in [0.15, 0.2) is 0 Å². The number of anilines is 1. The molecule has 0 aliphatic carbocycles. The maximum absolute atomic E-state index is 7.91. The van der Waals surface area contributed by atoms with E-state index in [9.17, 15) is 0 Å². The molecule has 0 heterocycles. The van der Waals surface area contributed by atoms with E-state index < -0.39 is 0 Å². The Kier molecular flexibility index (Phi) is 8.41. The van der Waals surface area contributed by atoms with Crippen molar-refractivity contribution in [2.24, 2.45) is 0 Å². The Morgan fingerprint density at radius 2 is 1.67 bits per heavy atom. The predicted octanol–water partition coefficient (Wildman–Crippen LogP) is 8.44. The Morgan fingerprint density at radius 1 is 0.967 bits per heavy atom. The van der Waals surface area contributed by atoms with Crippen LogP contribution < -0.4 is 5.09 Å². The fourth-order valence-electron chi connectivity index (χ4n) is 3.64. The fourth-order valence-corrected chi connectivity index (χ4v) is 4.84. The molecule has 2 N–H and O–H groups in total. The highest BCUT2D eigenvalue weighted by atomic mass is 127. The molecule has 0 bridgehead atoms. The molecule has 3 rings (SSSR count). The smallest absolute Gasteiger partial charge is 0.0465 e. The zero-order valence-electron chi connectivity index (χ0n) is 17.2. The molecule has 152 valence electrons. The van der Waals surface area contributed by atoms with Crippen molar-refractivity contribution >= 4 is 57.5 Å². The van der Waals surface area contributed by atoms with Gasteiger partial charge in [-0.05, 0) is 80.9 Å². The average Bonchev–Trinajstić information content (AvgIpc) is 2.79. The second-order valence-electron chi connectivity index (χ2n) is 6.86. The van der Waals surface area contributed by atoms with Crippen molar-refractivity contribution in [2.75, 3.05) is 5.09 Å². The number of allylic oxidation sites excluding steroid dienone is 2. The highest BCUT2D eigenvalue weighted by Crippen LogP contribution is 2.36. The Hall–Kier alpha value is -2.23. The first-order valence-electron chi connectivity index (χ1n) is 10.00. The van der Waals surface area contributed by atoms with E-state index in [1.807, 2.05) is 6.92 Å². The third-order valence-corrected chi connectivity index (χ3v) is 6.19. The first-order valence-corrected chi connectivity index (χ1v) is 14.1. The Bertz CT molecular complexity index is 1050. The first-order chi connectivity index (χ1) is 14.7. The molecular formula is C26H26IN2P. The molecule has 3 aromatic carbocycles. The Morgan fingerprint density at radius 3 is 2.27 bits per heavy atom. The number of hydrogen-bond acceptors (Lipinski definition) is 2. The molecule has 3 aromatic rings. The van der Waals surface area contributed by atoms with Gasteiger partial charge >= 0.3 is 0 Å². The number of halogens is 1. The largest absolute Gasteiger partial charge is 0.358 e. The molecule has 0 aromatic heterocycles. The minimum atomic E-state index is 0.568. The van der Waals surface area contributed by atoms with Crippen LogP contribution in [0.2, 0.25) is 0 Å². The molecule has 0 fully saturated rings. The van der Waals surface area contributed by atoms with E-state index in [2.05, 4.69) is 119 Å². The summed E-state index contributed by atoms with van der Waals surface area (Å²) in [5.41, 5.74) is 9.20. The Balaban J connectivity index is 2.24. The van der Waals surface area contributed by atoms with Crippen LogP contribution in [0.1, 0.15) is 48.1 Å². The van der Waals surface area contributed by atoms with Crippen LogP contribution in [0.15, 0.2) is 78.9 Å². The van der Waals surface area contributed by atoms with Crippen molar-refractivity contribution in [1.82, 2.24) is 0 Å². The van der Waals surface area contributed by atoms with Gasteiger partial charge in [-0.1, -0.05) is 79.7 Å². The molecule has 1 atom stereocenters. The maximum atomic E-state index is 7.91. The molecule has 30 heavy (non-hydrogen) atoms. The number of nitrogens with one attached hydrogen (secondary N) is 2. The van der Waals surface area contributed by atoms with Gasteiger partial charge in [0.05, 0.1) is 0 Å². The molecule has 0 spiro atoms. The van der Waals surface area contributed by atoms with E-state index in [0.717, 1.165) is 23.2 Å². The normalized spacial score (nSPS) is 12.4. The van der Waals surface area contributed by atoms with Gasteiger partial charge in [0, 0.05) is 23.8 Å². The third-order valence-electron chi connectivity index (χ3n) is 5.01. The minimum Gasteiger partial charge on any atom is -0.358 e. The van der Waals surface area contributed by atoms with E-state index in [1.165, 1.54) is 34.1 Å². The van der Waals surface area contributed by atoms with Crippen molar-refractivity contribution in [1.29, 1.82) is 5.41 Å². The fraction of sp³-hybridized carbons (Fsp3) is 0.115. The summed E-state index contributed by atoms with van der Waals surface area (Å²) < 4.78 is 0. The Labute approximate surface area is 194 Å². The average molecular weight is 524 g/mol. The summed E-state index contributed by atoms with van der Waals surface area (Å²) in [7, 11) is 0. The maximum Gasteiger partial charge on any atom is 0.0465 e. The standard InChI is InChI=1S/C26H26IN2P/c1-3-8-19-11-13-21(14-12-19)26(24(4-2)20-9-6-5-7-10-20)22-15-16-25(29-30-27)23(17-22)18-28/h3,5-18,28-30H,4H2,1-2H3/b8-3+,26-24+,28-18?. The van der Waals surface area contributed by atoms with Crippen LogP contribution in [-0.4, -0.2) is 6.21 Å². The molecule has 0 aliphatic rings. The zero-order valence-corrected chi connectivity index (χ0v) is 20.4. The van der Waals surface area contributed by atoms with Gasteiger partial charge in [-0.15, -0.1) is 0 Å². The SMILES string of the molecule is C/C=C/c1ccc(/C(=C(/CC)c2ccccc2)c2ccc(NPI)c(C=N)c2)cc1. The molecule has 0 saturated carbocycles. The van der Waals surface area contributed by atoms with E-state index in [0.29, 0.717) is 6.37 Å². The quantitative estimate of drug-likeness (QED) is 0.132. The molecule has 2 nitrogen and oxygen atoms in total. The summed E-state index contributed by atoms with van der Waals surface area (Å²) in [6.07, 6.45) is 7.10. The van der Waals surface area contributed by atoms with E-state index in [4.69, 9.17) is 5.41 Å². The van der Waals surface area contributed by atoms with Crippen molar-refractivity contribution in [3.05, 3.63) is 107 Å². The van der Waals surface area contributed by atoms with Gasteiger partial charge in [0.1, 0.15) is 0 Å². The second kappa shape index (κ2) is 11.2. The summed E-state index contributed by atoms with van der Waals surface area (Å²) in [6.45, 7) is 4.25. The molecule has 0 amide bonds. The zero-order chi connectivity index (χ0) is 21.3. The van der Waals surface area contributed by atoms with Gasteiger partial charge in [0.2, 0.25) is 0 Å². The van der Waals surface area contributed by atoms with Crippen LogP contribution in [0.25, 0.3) is 17.2 Å². The van der Waals surface area contributed by atoms with E-state index >= 15 is 0 Å². The van der Waals surface area contributed by atoms with Crippen molar-refractivity contribution < 1.29 is 0 Å². The molecule has 0 saturated heterocycles. The van der Waals surface area contributed by atoms with Crippen LogP contribution in [0.5, 0.6) is 0 Å². The van der Waals surface area contributed by atoms with Crippen molar-refractivity contribution in [3.63, 3.8) is 0 Å². The summed E-state index contributed by atoms with van der Waals surface area (Å²) in [5, 5.41) is 11.3. The second-order valence-corrected chi connectivity index (χ2v) is 8.92. The lowest BCUT2D eigenvalue weighted by Gasteiger charge is -2.18. The third kappa shape index (κ3) is 5.27. The van der Waals surface area contributed by atoms with Gasteiger partial charge in [-0.2, -0.15) is 0 Å². The van der Waals surface area contributed by atoms with Gasteiger partial charge < -0.3 is 10.5 Å². The number of rotatable bonds is 8. The van der Waals surface area contributed by atoms with E-state index in [1.54, 1.807) is 0 Å². The van der Waals surface area contributed by atoms with Crippen LogP contribution in [0.4, 0.5) is 5.69 Å². The monoisotopic (exact) mass is 524 g/mol. The molecule has 1 unspecified atom stereocenters. The van der Waals surface area contributed by atoms with Gasteiger partial charge in [0.25, 0.3) is 0 Å². The first kappa shape index (κ1) is 22.5. The van der Waals surface area contributed by atoms with Gasteiger partial charge in [-0.25, -0.2) is 0 Å². The highest BCUT2D eigenvalue weighted by molar-refractivity contribution is 14.2. The topological polar surface area (TPSA) is 35.9 Å². The van der Waals surface area contributed by atoms with Crippen molar-refractivity contribution in [2.45, 2.75) is 20.3 Å². The lowest BCUT2D eigenvalue weighted by Crippen LogP contribution is -1.98. The van der Waals surface area contributed by atoms with Crippen molar-refractivity contribution in [3.8, 4) is 0 Å². The van der Waals surface area contributed by atoms with Crippen LogP contribution in [0, 0.1) is 5.41 Å². The summed E-state index contributed by atoms with van der Waals surface area (Å²) in [4.78, 5) is 0.